The average molecular weight is 496 g/mol. The van der Waals surface area contributed by atoms with Crippen LogP contribution in [0.2, 0.25) is 0 Å². The molecule has 0 spiro atoms. The Bertz CT molecular complexity index is 1020. The first-order chi connectivity index (χ1) is 14.3. The number of nitro benzene ring substituents is 1. The average Bonchev–Trinajstić information content (AvgIpc) is 2.72. The minimum Gasteiger partial charge on any atom is -0.497 e. The van der Waals surface area contributed by atoms with Crippen molar-refractivity contribution in [1.82, 2.24) is 0 Å². The molecule has 2 aromatic rings. The van der Waals surface area contributed by atoms with Crippen LogP contribution >= 0.6 is 15.9 Å². The van der Waals surface area contributed by atoms with E-state index in [0.717, 1.165) is 22.3 Å². The fourth-order valence-electron chi connectivity index (χ4n) is 3.20. The van der Waals surface area contributed by atoms with Crippen molar-refractivity contribution in [2.75, 3.05) is 14.2 Å². The van der Waals surface area contributed by atoms with Crippen LogP contribution < -0.4 is 10.2 Å². The highest BCUT2D eigenvalue weighted by atomic mass is 79.9. The van der Waals surface area contributed by atoms with Crippen molar-refractivity contribution in [2.45, 2.75) is 41.5 Å². The summed E-state index contributed by atoms with van der Waals surface area (Å²) in [6.45, 7) is 11.1. The van der Waals surface area contributed by atoms with E-state index in [0.29, 0.717) is 26.8 Å². The summed E-state index contributed by atoms with van der Waals surface area (Å²) in [6.07, 6.45) is 0. The van der Waals surface area contributed by atoms with E-state index in [1.54, 1.807) is 21.0 Å². The highest BCUT2D eigenvalue weighted by molar-refractivity contribution is 9.10. The fourth-order valence-corrected chi connectivity index (χ4v) is 3.77. The number of carbonyl (C=O) groups excluding carboxylic acids is 1. The molecule has 31 heavy (non-hydrogen) atoms. The summed E-state index contributed by atoms with van der Waals surface area (Å²) >= 11 is 3.23. The summed E-state index contributed by atoms with van der Waals surface area (Å²) in [7, 11) is 1.29. The van der Waals surface area contributed by atoms with Crippen LogP contribution in [0, 0.1) is 51.7 Å². The van der Waals surface area contributed by atoms with E-state index in [1.807, 2.05) is 27.7 Å². The first kappa shape index (κ1) is 26.6. The maximum atomic E-state index is 11.4. The van der Waals surface area contributed by atoms with Gasteiger partial charge in [-0.3, -0.25) is 10.1 Å². The van der Waals surface area contributed by atoms with Gasteiger partial charge in [-0.15, -0.1) is 0 Å². The van der Waals surface area contributed by atoms with Crippen LogP contribution in [0.3, 0.4) is 0 Å². The van der Waals surface area contributed by atoms with Crippen LogP contribution in [-0.4, -0.2) is 42.3 Å². The third-order valence-electron chi connectivity index (χ3n) is 5.53. The number of nitro groups is 1. The van der Waals surface area contributed by atoms with Crippen molar-refractivity contribution < 1.29 is 29.2 Å². The third-order valence-corrected chi connectivity index (χ3v) is 6.56. The first-order valence-corrected chi connectivity index (χ1v) is 10.1. The summed E-state index contributed by atoms with van der Waals surface area (Å²) in [6, 6.07) is 1.22. The fraction of sp³-hybridized carbons (Fsp3) is 0.381. The molecule has 0 aliphatic rings. The van der Waals surface area contributed by atoms with Gasteiger partial charge in [0.1, 0.15) is 5.75 Å². The number of esters is 1. The van der Waals surface area contributed by atoms with Gasteiger partial charge < -0.3 is 19.5 Å². The molecule has 0 aliphatic heterocycles. The first-order valence-electron chi connectivity index (χ1n) is 9.34. The van der Waals surface area contributed by atoms with Crippen LogP contribution in [0.4, 0.5) is 5.69 Å². The maximum Gasteiger partial charge on any atom is 0.492 e. The van der Waals surface area contributed by atoms with Gasteiger partial charge in [0.05, 0.1) is 24.7 Å². The second-order valence-corrected chi connectivity index (χ2v) is 7.87. The van der Waals surface area contributed by atoms with Crippen molar-refractivity contribution in [3.8, 4) is 5.75 Å². The van der Waals surface area contributed by atoms with Crippen LogP contribution in [0.1, 0.15) is 43.7 Å². The standard InChI is InChI=1S/C11H17BO3.C10H10BrNO4/c1-6-7(2)9(4)11(15-5)10(8(6)3)12(13)14;1-5-6(2)9(11)7(10(13)16-3)4-8(5)12(14)15/h13-14H,1-5H3;4H,1-3H3. The molecule has 8 nitrogen and oxygen atoms in total. The second-order valence-electron chi connectivity index (χ2n) is 7.08. The molecule has 2 rings (SSSR count). The second kappa shape index (κ2) is 10.7. The molecule has 0 aliphatic carbocycles. The smallest absolute Gasteiger partial charge is 0.492 e. The molecule has 2 aromatic carbocycles. The minimum absolute atomic E-state index is 0.0823. The van der Waals surface area contributed by atoms with Gasteiger partial charge in [-0.05, 0) is 85.3 Å². The lowest BCUT2D eigenvalue weighted by atomic mass is 9.73. The van der Waals surface area contributed by atoms with Crippen molar-refractivity contribution in [3.63, 3.8) is 0 Å². The molecular formula is C21H27BBrNO7. The van der Waals surface area contributed by atoms with E-state index >= 15 is 0 Å². The normalized spacial score (nSPS) is 10.2. The molecule has 0 heterocycles. The number of rotatable bonds is 4. The van der Waals surface area contributed by atoms with Crippen molar-refractivity contribution in [3.05, 3.63) is 59.6 Å². The summed E-state index contributed by atoms with van der Waals surface area (Å²) < 4.78 is 10.3. The Hall–Kier alpha value is -2.43. The Morgan fingerprint density at radius 3 is 1.90 bits per heavy atom. The number of nitrogens with zero attached hydrogens (tertiary/aromatic N) is 1. The van der Waals surface area contributed by atoms with Gasteiger partial charge in [0.2, 0.25) is 0 Å². The predicted molar refractivity (Wildman–Crippen MR) is 123 cm³/mol. The largest absolute Gasteiger partial charge is 0.497 e. The van der Waals surface area contributed by atoms with E-state index in [4.69, 9.17) is 4.74 Å². The lowest BCUT2D eigenvalue weighted by Gasteiger charge is -2.19. The van der Waals surface area contributed by atoms with Crippen LogP contribution in [0.15, 0.2) is 10.5 Å². The number of benzene rings is 2. The highest BCUT2D eigenvalue weighted by Crippen LogP contribution is 2.31. The topological polar surface area (TPSA) is 119 Å². The monoisotopic (exact) mass is 495 g/mol. The Morgan fingerprint density at radius 2 is 1.48 bits per heavy atom. The summed E-state index contributed by atoms with van der Waals surface area (Å²) in [4.78, 5) is 21.7. The molecule has 168 valence electrons. The summed E-state index contributed by atoms with van der Waals surface area (Å²) in [5, 5.41) is 29.5. The molecule has 0 aromatic heterocycles. The van der Waals surface area contributed by atoms with E-state index in [9.17, 15) is 25.0 Å². The predicted octanol–water partition coefficient (Wildman–Crippen LogP) is 3.37. The Balaban J connectivity index is 0.000000311. The molecule has 0 atom stereocenters. The summed E-state index contributed by atoms with van der Waals surface area (Å²) in [5.74, 6) is -0.0244. The van der Waals surface area contributed by atoms with Gasteiger partial charge in [0.15, 0.2) is 0 Å². The molecule has 10 heteroatoms. The molecule has 0 amide bonds. The number of methoxy groups -OCH3 is 2. The van der Waals surface area contributed by atoms with E-state index < -0.39 is 18.0 Å². The minimum atomic E-state index is -1.49. The maximum absolute atomic E-state index is 11.4. The van der Waals surface area contributed by atoms with Crippen LogP contribution in [0.25, 0.3) is 0 Å². The molecule has 0 radical (unpaired) electrons. The lowest BCUT2D eigenvalue weighted by molar-refractivity contribution is -0.385. The van der Waals surface area contributed by atoms with Crippen molar-refractivity contribution in [1.29, 1.82) is 0 Å². The zero-order valence-electron chi connectivity index (χ0n) is 18.9. The van der Waals surface area contributed by atoms with Gasteiger partial charge >= 0.3 is 13.1 Å². The Labute approximate surface area is 190 Å². The third kappa shape index (κ3) is 5.44. The highest BCUT2D eigenvalue weighted by Gasteiger charge is 2.24. The Morgan fingerprint density at radius 1 is 0.968 bits per heavy atom. The Kier molecular flexibility index (Phi) is 9.22. The van der Waals surface area contributed by atoms with Gasteiger partial charge in [-0.1, -0.05) is 0 Å². The quantitative estimate of drug-likeness (QED) is 0.289. The van der Waals surface area contributed by atoms with Crippen molar-refractivity contribution in [2.24, 2.45) is 0 Å². The molecular weight excluding hydrogens is 469 g/mol. The van der Waals surface area contributed by atoms with Gasteiger partial charge in [0, 0.05) is 21.6 Å². The number of hydrogen-bond donors (Lipinski definition) is 2. The van der Waals surface area contributed by atoms with Crippen LogP contribution in [-0.2, 0) is 4.74 Å². The van der Waals surface area contributed by atoms with E-state index in [1.165, 1.54) is 13.2 Å². The number of carbonyl (C=O) groups is 1. The number of hydrogen-bond acceptors (Lipinski definition) is 7. The van der Waals surface area contributed by atoms with Crippen molar-refractivity contribution >= 4 is 40.2 Å². The van der Waals surface area contributed by atoms with Gasteiger partial charge in [-0.2, -0.15) is 0 Å². The van der Waals surface area contributed by atoms with E-state index in [-0.39, 0.29) is 11.3 Å². The zero-order valence-corrected chi connectivity index (χ0v) is 20.5. The van der Waals surface area contributed by atoms with E-state index in [2.05, 4.69) is 20.7 Å². The number of halogens is 1. The molecule has 2 N–H and O–H groups in total. The zero-order chi connectivity index (χ0) is 24.2. The van der Waals surface area contributed by atoms with Gasteiger partial charge in [0.25, 0.3) is 5.69 Å². The SMILES string of the molecule is COC(=O)c1cc([N+](=O)[O-])c(C)c(C)c1Br.COc1c(C)c(C)c(C)c(C)c1B(O)O. The lowest BCUT2D eigenvalue weighted by Crippen LogP contribution is -2.35. The number of ether oxygens (including phenoxy) is 2. The molecule has 0 saturated carbocycles. The van der Waals surface area contributed by atoms with Crippen LogP contribution in [0.5, 0.6) is 5.75 Å². The molecule has 0 fully saturated rings. The molecule has 0 unspecified atom stereocenters. The molecule has 0 bridgehead atoms. The van der Waals surface area contributed by atoms with Gasteiger partial charge in [-0.25, -0.2) is 4.79 Å². The summed E-state index contributed by atoms with van der Waals surface area (Å²) in [5.41, 5.74) is 5.80. The molecule has 0 saturated heterocycles.